The summed E-state index contributed by atoms with van der Waals surface area (Å²) in [6.45, 7) is 12.3. The normalized spacial score (nSPS) is 19.9. The van der Waals surface area contributed by atoms with Crippen molar-refractivity contribution in [3.63, 3.8) is 0 Å². The summed E-state index contributed by atoms with van der Waals surface area (Å²) in [5.41, 5.74) is 4.91. The highest BCUT2D eigenvalue weighted by Crippen LogP contribution is 2.43. The number of phenolic OH excluding ortho intramolecular Hbond substituents is 1. The van der Waals surface area contributed by atoms with Crippen molar-refractivity contribution in [2.75, 3.05) is 0 Å². The van der Waals surface area contributed by atoms with Gasteiger partial charge in [-0.05, 0) is 71.6 Å². The lowest BCUT2D eigenvalue weighted by atomic mass is 9.90. The minimum atomic E-state index is -0.278. The third-order valence-electron chi connectivity index (χ3n) is 4.39. The third-order valence-corrected chi connectivity index (χ3v) is 4.39. The first-order valence-corrected chi connectivity index (χ1v) is 7.59. The second-order valence-corrected chi connectivity index (χ2v) is 6.53. The lowest BCUT2D eigenvalue weighted by Gasteiger charge is -2.34. The van der Waals surface area contributed by atoms with Crippen LogP contribution < -0.4 is 4.74 Å². The van der Waals surface area contributed by atoms with Crippen molar-refractivity contribution in [1.29, 1.82) is 0 Å². The Morgan fingerprint density at radius 1 is 1.19 bits per heavy atom. The summed E-state index contributed by atoms with van der Waals surface area (Å²) < 4.78 is 6.32. The molecule has 114 valence electrons. The lowest BCUT2D eigenvalue weighted by Crippen LogP contribution is -2.32. The van der Waals surface area contributed by atoms with Crippen LogP contribution in [0.4, 0.5) is 0 Å². The number of hydrogen-bond acceptors (Lipinski definition) is 2. The highest BCUT2D eigenvalue weighted by Gasteiger charge is 2.30. The molecular formula is C19H26O2. The minimum Gasteiger partial charge on any atom is -0.507 e. The average molecular weight is 286 g/mol. The van der Waals surface area contributed by atoms with E-state index in [2.05, 4.69) is 39.0 Å². The van der Waals surface area contributed by atoms with E-state index < -0.39 is 0 Å². The Bertz CT molecular complexity index is 619. The second kappa shape index (κ2) is 5.59. The van der Waals surface area contributed by atoms with Crippen LogP contribution in [0.3, 0.4) is 0 Å². The molecule has 1 aromatic carbocycles. The van der Waals surface area contributed by atoms with Crippen LogP contribution >= 0.6 is 0 Å². The average Bonchev–Trinajstić information content (AvgIpc) is 2.42. The monoisotopic (exact) mass is 286 g/mol. The van der Waals surface area contributed by atoms with Gasteiger partial charge in [-0.25, -0.2) is 0 Å². The van der Waals surface area contributed by atoms with Crippen LogP contribution in [-0.4, -0.2) is 10.7 Å². The Balaban J connectivity index is 2.35. The van der Waals surface area contributed by atoms with Gasteiger partial charge in [0.05, 0.1) is 0 Å². The molecule has 0 saturated carbocycles. The molecular weight excluding hydrogens is 260 g/mol. The summed E-state index contributed by atoms with van der Waals surface area (Å²) in [6, 6.07) is 0. The fourth-order valence-corrected chi connectivity index (χ4v) is 2.77. The Labute approximate surface area is 128 Å². The van der Waals surface area contributed by atoms with Gasteiger partial charge >= 0.3 is 0 Å². The zero-order chi connectivity index (χ0) is 15.8. The van der Waals surface area contributed by atoms with Gasteiger partial charge in [-0.2, -0.15) is 0 Å². The zero-order valence-corrected chi connectivity index (χ0v) is 14.0. The summed E-state index contributed by atoms with van der Waals surface area (Å²) in [6.07, 6.45) is 8.43. The molecule has 0 amide bonds. The molecule has 1 aliphatic rings. The number of phenols is 1. The molecule has 1 aromatic rings. The van der Waals surface area contributed by atoms with Gasteiger partial charge in [-0.3, -0.25) is 0 Å². The molecule has 0 fully saturated rings. The van der Waals surface area contributed by atoms with E-state index in [1.165, 1.54) is 5.57 Å². The lowest BCUT2D eigenvalue weighted by molar-refractivity contribution is 0.127. The van der Waals surface area contributed by atoms with E-state index in [1.54, 1.807) is 0 Å². The van der Waals surface area contributed by atoms with Gasteiger partial charge in [-0.15, -0.1) is 0 Å². The molecule has 1 atom stereocenters. The van der Waals surface area contributed by atoms with E-state index in [0.717, 1.165) is 40.8 Å². The van der Waals surface area contributed by atoms with Crippen LogP contribution in [0, 0.1) is 20.8 Å². The van der Waals surface area contributed by atoms with E-state index in [4.69, 9.17) is 4.74 Å². The number of fused-ring (bicyclic) bond motifs is 1. The highest BCUT2D eigenvalue weighted by atomic mass is 16.5. The largest absolute Gasteiger partial charge is 0.507 e. The van der Waals surface area contributed by atoms with Crippen molar-refractivity contribution in [2.24, 2.45) is 0 Å². The maximum Gasteiger partial charge on any atom is 0.131 e. The predicted molar refractivity (Wildman–Crippen MR) is 89.0 cm³/mol. The number of rotatable bonds is 3. The van der Waals surface area contributed by atoms with Crippen LogP contribution in [0.1, 0.15) is 55.9 Å². The molecule has 2 rings (SSSR count). The molecule has 1 heterocycles. The van der Waals surface area contributed by atoms with Crippen molar-refractivity contribution in [3.8, 4) is 11.5 Å². The fraction of sp³-hybridized carbons (Fsp3) is 0.474. The Hall–Kier alpha value is -1.70. The molecule has 0 aliphatic carbocycles. The van der Waals surface area contributed by atoms with Gasteiger partial charge in [0.25, 0.3) is 0 Å². The van der Waals surface area contributed by atoms with E-state index >= 15 is 0 Å². The standard InChI is InChI=1S/C19H26O2/c1-12(2)8-7-10-19(6)11-9-16-15(5)17(20)13(3)14(4)18(16)21-19/h8-9,11,20H,7,10H2,1-6H3. The molecule has 1 N–H and O–H groups in total. The first-order chi connectivity index (χ1) is 9.75. The number of aromatic hydroxyl groups is 1. The number of ether oxygens (including phenoxy) is 1. The van der Waals surface area contributed by atoms with Gasteiger partial charge in [0.2, 0.25) is 0 Å². The molecule has 2 heteroatoms. The number of allylic oxidation sites excluding steroid dienone is 2. The molecule has 21 heavy (non-hydrogen) atoms. The Morgan fingerprint density at radius 2 is 1.86 bits per heavy atom. The van der Waals surface area contributed by atoms with E-state index in [1.807, 2.05) is 20.8 Å². The van der Waals surface area contributed by atoms with Gasteiger partial charge in [0.1, 0.15) is 17.1 Å². The molecule has 2 nitrogen and oxygen atoms in total. The molecule has 0 saturated heterocycles. The predicted octanol–water partition coefficient (Wildman–Crippen LogP) is 5.23. The van der Waals surface area contributed by atoms with Crippen molar-refractivity contribution in [3.05, 3.63) is 40.0 Å². The van der Waals surface area contributed by atoms with Crippen molar-refractivity contribution >= 4 is 6.08 Å². The van der Waals surface area contributed by atoms with Gasteiger partial charge in [-0.1, -0.05) is 17.7 Å². The SMILES string of the molecule is CC(C)=CCCC1(C)C=Cc2c(C)c(O)c(C)c(C)c2O1. The molecule has 0 radical (unpaired) electrons. The van der Waals surface area contributed by atoms with Gasteiger partial charge in [0.15, 0.2) is 0 Å². The molecule has 0 bridgehead atoms. The zero-order valence-electron chi connectivity index (χ0n) is 14.0. The van der Waals surface area contributed by atoms with Gasteiger partial charge in [0, 0.05) is 11.1 Å². The van der Waals surface area contributed by atoms with Crippen LogP contribution in [0.2, 0.25) is 0 Å². The number of benzene rings is 1. The third kappa shape index (κ3) is 2.99. The summed E-state index contributed by atoms with van der Waals surface area (Å²) >= 11 is 0. The van der Waals surface area contributed by atoms with E-state index in [0.29, 0.717) is 5.75 Å². The first kappa shape index (κ1) is 15.7. The van der Waals surface area contributed by atoms with Crippen LogP contribution in [0.25, 0.3) is 6.08 Å². The smallest absolute Gasteiger partial charge is 0.131 e. The topological polar surface area (TPSA) is 29.5 Å². The van der Waals surface area contributed by atoms with Crippen LogP contribution in [-0.2, 0) is 0 Å². The maximum atomic E-state index is 10.2. The Kier molecular flexibility index (Phi) is 4.18. The molecule has 0 aromatic heterocycles. The minimum absolute atomic E-state index is 0.278. The van der Waals surface area contributed by atoms with Crippen molar-refractivity contribution in [2.45, 2.75) is 60.0 Å². The second-order valence-electron chi connectivity index (χ2n) is 6.53. The van der Waals surface area contributed by atoms with Crippen molar-refractivity contribution in [1.82, 2.24) is 0 Å². The van der Waals surface area contributed by atoms with Crippen molar-refractivity contribution < 1.29 is 9.84 Å². The van der Waals surface area contributed by atoms with Gasteiger partial charge < -0.3 is 9.84 Å². The molecule has 1 aliphatic heterocycles. The summed E-state index contributed by atoms with van der Waals surface area (Å²) in [5, 5.41) is 10.2. The van der Waals surface area contributed by atoms with Crippen LogP contribution in [0.15, 0.2) is 17.7 Å². The first-order valence-electron chi connectivity index (χ1n) is 7.59. The maximum absolute atomic E-state index is 10.2. The molecule has 0 spiro atoms. The highest BCUT2D eigenvalue weighted by molar-refractivity contribution is 5.71. The molecule has 1 unspecified atom stereocenters. The Morgan fingerprint density at radius 3 is 2.48 bits per heavy atom. The van der Waals surface area contributed by atoms with Crippen LogP contribution in [0.5, 0.6) is 11.5 Å². The van der Waals surface area contributed by atoms with E-state index in [9.17, 15) is 5.11 Å². The summed E-state index contributed by atoms with van der Waals surface area (Å²) in [4.78, 5) is 0. The number of hydrogen-bond donors (Lipinski definition) is 1. The summed E-state index contributed by atoms with van der Waals surface area (Å²) in [7, 11) is 0. The quantitative estimate of drug-likeness (QED) is 0.771. The summed E-state index contributed by atoms with van der Waals surface area (Å²) in [5.74, 6) is 1.30. The van der Waals surface area contributed by atoms with E-state index in [-0.39, 0.29) is 5.60 Å². The fourth-order valence-electron chi connectivity index (χ4n) is 2.77.